The van der Waals surface area contributed by atoms with Crippen LogP contribution in [0.15, 0.2) is 27.6 Å². The molecule has 2 rings (SSSR count). The minimum Gasteiger partial charge on any atom is -0.211 e. The summed E-state index contributed by atoms with van der Waals surface area (Å²) in [7, 11) is -3.57. The molecule has 1 fully saturated rings. The Hall–Kier alpha value is 0.380. The topological polar surface area (TPSA) is 46.2 Å². The monoisotopic (exact) mass is 443 g/mol. The molecule has 1 aromatic rings. The van der Waals surface area contributed by atoms with E-state index in [1.165, 1.54) is 6.07 Å². The maximum absolute atomic E-state index is 12.4. The second kappa shape index (κ2) is 6.65. The SMILES string of the molecule is O=S(=O)(NCC1(CBr)CCCC1)c1ccc(Br)cc1Cl. The third kappa shape index (κ3) is 3.77. The number of hydrogen-bond donors (Lipinski definition) is 1. The van der Waals surface area contributed by atoms with Crippen molar-refractivity contribution in [3.05, 3.63) is 27.7 Å². The van der Waals surface area contributed by atoms with Crippen molar-refractivity contribution < 1.29 is 8.42 Å². The van der Waals surface area contributed by atoms with Crippen LogP contribution in [0.4, 0.5) is 0 Å². The van der Waals surface area contributed by atoms with E-state index in [1.807, 2.05) is 0 Å². The van der Waals surface area contributed by atoms with Gasteiger partial charge in [-0.05, 0) is 36.5 Å². The molecule has 0 aromatic heterocycles. The summed E-state index contributed by atoms with van der Waals surface area (Å²) in [6.07, 6.45) is 4.42. The Morgan fingerprint density at radius 3 is 2.50 bits per heavy atom. The first-order valence-corrected chi connectivity index (χ1v) is 10.2. The van der Waals surface area contributed by atoms with Gasteiger partial charge in [-0.25, -0.2) is 13.1 Å². The average Bonchev–Trinajstić information content (AvgIpc) is 2.85. The molecule has 0 heterocycles. The van der Waals surface area contributed by atoms with Gasteiger partial charge in [0.2, 0.25) is 10.0 Å². The van der Waals surface area contributed by atoms with Gasteiger partial charge in [0.1, 0.15) is 4.90 Å². The molecule has 0 bridgehead atoms. The van der Waals surface area contributed by atoms with Crippen molar-refractivity contribution in [3.63, 3.8) is 0 Å². The van der Waals surface area contributed by atoms with E-state index in [1.54, 1.807) is 12.1 Å². The van der Waals surface area contributed by atoms with Gasteiger partial charge < -0.3 is 0 Å². The number of nitrogens with one attached hydrogen (secondary N) is 1. The standard InChI is InChI=1S/C13H16Br2ClNO2S/c14-8-13(5-1-2-6-13)9-17-20(18,19)12-4-3-10(15)7-11(12)16/h3-4,7,17H,1-2,5-6,8-9H2. The molecule has 0 saturated heterocycles. The number of benzene rings is 1. The van der Waals surface area contributed by atoms with Crippen molar-refractivity contribution in [1.82, 2.24) is 4.72 Å². The van der Waals surface area contributed by atoms with Crippen LogP contribution in [-0.2, 0) is 10.0 Å². The first kappa shape index (κ1) is 16.7. The van der Waals surface area contributed by atoms with Crippen molar-refractivity contribution >= 4 is 53.5 Å². The second-order valence-electron chi connectivity index (χ2n) is 5.24. The van der Waals surface area contributed by atoms with Crippen molar-refractivity contribution in [1.29, 1.82) is 0 Å². The fourth-order valence-corrected chi connectivity index (χ4v) is 5.45. The molecule has 0 atom stereocenters. The van der Waals surface area contributed by atoms with E-state index in [-0.39, 0.29) is 15.3 Å². The predicted molar refractivity (Wildman–Crippen MR) is 89.0 cm³/mol. The highest BCUT2D eigenvalue weighted by Crippen LogP contribution is 2.39. The van der Waals surface area contributed by atoms with E-state index >= 15 is 0 Å². The average molecular weight is 446 g/mol. The van der Waals surface area contributed by atoms with E-state index in [9.17, 15) is 8.42 Å². The summed E-state index contributed by atoms with van der Waals surface area (Å²) in [4.78, 5) is 0.130. The maximum Gasteiger partial charge on any atom is 0.242 e. The summed E-state index contributed by atoms with van der Waals surface area (Å²) >= 11 is 12.8. The zero-order valence-corrected chi connectivity index (χ0v) is 15.6. The molecule has 0 aliphatic heterocycles. The molecule has 0 unspecified atom stereocenters. The molecule has 112 valence electrons. The van der Waals surface area contributed by atoms with Gasteiger partial charge in [0.05, 0.1) is 5.02 Å². The van der Waals surface area contributed by atoms with Crippen LogP contribution in [-0.4, -0.2) is 20.3 Å². The molecule has 0 amide bonds. The van der Waals surface area contributed by atoms with Gasteiger partial charge in [-0.15, -0.1) is 0 Å². The van der Waals surface area contributed by atoms with E-state index in [2.05, 4.69) is 36.6 Å². The van der Waals surface area contributed by atoms with Gasteiger partial charge in [0.25, 0.3) is 0 Å². The maximum atomic E-state index is 12.4. The highest BCUT2D eigenvalue weighted by molar-refractivity contribution is 9.10. The lowest BCUT2D eigenvalue weighted by Gasteiger charge is -2.26. The number of rotatable bonds is 5. The number of hydrogen-bond acceptors (Lipinski definition) is 2. The van der Waals surface area contributed by atoms with Gasteiger partial charge in [0, 0.05) is 16.3 Å². The lowest BCUT2D eigenvalue weighted by atomic mass is 9.89. The Kier molecular flexibility index (Phi) is 5.57. The Morgan fingerprint density at radius 1 is 1.30 bits per heavy atom. The van der Waals surface area contributed by atoms with Crippen molar-refractivity contribution in [3.8, 4) is 0 Å². The predicted octanol–water partition coefficient (Wildman–Crippen LogP) is 4.34. The van der Waals surface area contributed by atoms with Gasteiger partial charge in [-0.2, -0.15) is 0 Å². The molecule has 1 saturated carbocycles. The van der Waals surface area contributed by atoms with E-state index in [0.717, 1.165) is 35.5 Å². The number of alkyl halides is 1. The van der Waals surface area contributed by atoms with Crippen molar-refractivity contribution in [2.45, 2.75) is 30.6 Å². The van der Waals surface area contributed by atoms with Gasteiger partial charge in [-0.1, -0.05) is 56.3 Å². The molecule has 1 N–H and O–H groups in total. The summed E-state index contributed by atoms with van der Waals surface area (Å²) in [5, 5.41) is 1.04. The Morgan fingerprint density at radius 2 is 1.95 bits per heavy atom. The molecule has 7 heteroatoms. The Labute approximate surface area is 141 Å². The third-order valence-electron chi connectivity index (χ3n) is 3.77. The Balaban J connectivity index is 2.15. The molecule has 3 nitrogen and oxygen atoms in total. The van der Waals surface area contributed by atoms with E-state index in [0.29, 0.717) is 6.54 Å². The number of sulfonamides is 1. The number of halogens is 3. The molecule has 1 aliphatic rings. The summed E-state index contributed by atoms with van der Waals surface area (Å²) in [5.74, 6) is 0. The van der Waals surface area contributed by atoms with Gasteiger partial charge in [-0.3, -0.25) is 0 Å². The van der Waals surface area contributed by atoms with Crippen LogP contribution in [0.1, 0.15) is 25.7 Å². The van der Waals surface area contributed by atoms with Crippen LogP contribution in [0.5, 0.6) is 0 Å². The molecule has 0 radical (unpaired) electrons. The fourth-order valence-electron chi connectivity index (χ4n) is 2.50. The largest absolute Gasteiger partial charge is 0.242 e. The molecule has 20 heavy (non-hydrogen) atoms. The molecular formula is C13H16Br2ClNO2S. The molecule has 0 spiro atoms. The second-order valence-corrected chi connectivity index (χ2v) is 8.86. The fraction of sp³-hybridized carbons (Fsp3) is 0.538. The quantitative estimate of drug-likeness (QED) is 0.686. The van der Waals surface area contributed by atoms with Gasteiger partial charge in [0.15, 0.2) is 0 Å². The lowest BCUT2D eigenvalue weighted by Crippen LogP contribution is -2.37. The smallest absolute Gasteiger partial charge is 0.211 e. The van der Waals surface area contributed by atoms with Crippen LogP contribution in [0.2, 0.25) is 5.02 Å². The minimum absolute atomic E-state index is 0.0366. The van der Waals surface area contributed by atoms with Crippen LogP contribution in [0, 0.1) is 5.41 Å². The van der Waals surface area contributed by atoms with E-state index < -0.39 is 10.0 Å². The van der Waals surface area contributed by atoms with Crippen molar-refractivity contribution in [2.24, 2.45) is 5.41 Å². The van der Waals surface area contributed by atoms with E-state index in [4.69, 9.17) is 11.6 Å². The minimum atomic E-state index is -3.57. The zero-order valence-electron chi connectivity index (χ0n) is 10.8. The van der Waals surface area contributed by atoms with Crippen LogP contribution in [0.3, 0.4) is 0 Å². The van der Waals surface area contributed by atoms with Crippen LogP contribution in [0.25, 0.3) is 0 Å². The molecular weight excluding hydrogens is 429 g/mol. The first-order valence-electron chi connectivity index (χ1n) is 6.39. The lowest BCUT2D eigenvalue weighted by molar-refractivity contribution is 0.347. The first-order chi connectivity index (χ1) is 9.38. The summed E-state index contributed by atoms with van der Waals surface area (Å²) in [5.41, 5.74) is 0.0366. The molecule has 1 aliphatic carbocycles. The summed E-state index contributed by atoms with van der Waals surface area (Å²) in [6.45, 7) is 0.451. The highest BCUT2D eigenvalue weighted by Gasteiger charge is 2.34. The highest BCUT2D eigenvalue weighted by atomic mass is 79.9. The zero-order chi connectivity index (χ0) is 14.8. The summed E-state index contributed by atoms with van der Waals surface area (Å²) in [6, 6.07) is 4.78. The summed E-state index contributed by atoms with van der Waals surface area (Å²) < 4.78 is 28.2. The normalized spacial score (nSPS) is 18.4. The van der Waals surface area contributed by atoms with Crippen LogP contribution < -0.4 is 4.72 Å². The van der Waals surface area contributed by atoms with Crippen LogP contribution >= 0.6 is 43.5 Å². The van der Waals surface area contributed by atoms with Gasteiger partial charge >= 0.3 is 0 Å². The molecule has 1 aromatic carbocycles. The third-order valence-corrected chi connectivity index (χ3v) is 7.34. The Bertz CT molecular complexity index is 586. The van der Waals surface area contributed by atoms with Crippen molar-refractivity contribution in [2.75, 3.05) is 11.9 Å².